The molecule has 1 fully saturated rings. The Kier molecular flexibility index (Phi) is 3.55. The first kappa shape index (κ1) is 14.0. The van der Waals surface area contributed by atoms with Gasteiger partial charge in [0.15, 0.2) is 0 Å². The first-order valence-corrected chi connectivity index (χ1v) is 7.63. The maximum atomic E-state index is 10.0. The van der Waals surface area contributed by atoms with Crippen LogP contribution >= 0.6 is 0 Å². The lowest BCUT2D eigenvalue weighted by atomic mass is 10.1. The summed E-state index contributed by atoms with van der Waals surface area (Å²) in [6.45, 7) is 1.47. The number of nitrogens with zero attached hydrogens (tertiary/aromatic N) is 3. The van der Waals surface area contributed by atoms with Gasteiger partial charge in [0.25, 0.3) is 0 Å². The summed E-state index contributed by atoms with van der Waals surface area (Å²) >= 11 is 0. The zero-order valence-electron chi connectivity index (χ0n) is 12.5. The molecule has 0 amide bonds. The summed E-state index contributed by atoms with van der Waals surface area (Å²) in [5.41, 5.74) is 1.39. The van der Waals surface area contributed by atoms with E-state index in [4.69, 9.17) is 4.74 Å². The molecule has 23 heavy (non-hydrogen) atoms. The fraction of sp³-hybridized carbons (Fsp3) is 0.312. The number of hydrogen-bond acceptors (Lipinski definition) is 6. The Morgan fingerprint density at radius 2 is 2.35 bits per heavy atom. The molecule has 3 N–H and O–H groups in total. The van der Waals surface area contributed by atoms with Crippen LogP contribution in [0.2, 0.25) is 0 Å². The molecule has 0 saturated carbocycles. The molecule has 0 radical (unpaired) electrons. The molecule has 4 rings (SSSR count). The van der Waals surface area contributed by atoms with Crippen molar-refractivity contribution in [1.82, 2.24) is 9.97 Å². The highest BCUT2D eigenvalue weighted by Crippen LogP contribution is 2.19. The van der Waals surface area contributed by atoms with E-state index < -0.39 is 0 Å². The molecule has 2 aliphatic heterocycles. The maximum absolute atomic E-state index is 10.0. The number of aliphatic imine (C=N–C) groups is 1. The van der Waals surface area contributed by atoms with Crippen molar-refractivity contribution < 1.29 is 9.84 Å². The SMILES string of the molecule is Oc1nc(N[C@H]2CCCOC2)[nH]c1C=c1ccc2c(c1)N=CN=2. The molecule has 1 saturated heterocycles. The second-order valence-electron chi connectivity index (χ2n) is 5.65. The van der Waals surface area contributed by atoms with Crippen molar-refractivity contribution in [3.8, 4) is 5.88 Å². The van der Waals surface area contributed by atoms with E-state index in [2.05, 4.69) is 25.3 Å². The monoisotopic (exact) mass is 311 g/mol. The van der Waals surface area contributed by atoms with Crippen molar-refractivity contribution in [2.75, 3.05) is 18.5 Å². The first-order valence-electron chi connectivity index (χ1n) is 7.63. The van der Waals surface area contributed by atoms with Crippen molar-refractivity contribution in [3.63, 3.8) is 0 Å². The average Bonchev–Trinajstić information content (AvgIpc) is 3.15. The molecule has 0 spiro atoms. The molecule has 7 heteroatoms. The molecule has 0 bridgehead atoms. The van der Waals surface area contributed by atoms with E-state index in [0.29, 0.717) is 18.2 Å². The van der Waals surface area contributed by atoms with Gasteiger partial charge in [-0.1, -0.05) is 6.07 Å². The van der Waals surface area contributed by atoms with Gasteiger partial charge < -0.3 is 20.1 Å². The van der Waals surface area contributed by atoms with Crippen molar-refractivity contribution in [1.29, 1.82) is 0 Å². The number of benzene rings is 1. The lowest BCUT2D eigenvalue weighted by molar-refractivity contribution is 0.0874. The highest BCUT2D eigenvalue weighted by Gasteiger charge is 2.16. The Hall–Kier alpha value is -2.67. The van der Waals surface area contributed by atoms with E-state index in [9.17, 15) is 5.11 Å². The predicted octanol–water partition coefficient (Wildman–Crippen LogP) is 0.828. The van der Waals surface area contributed by atoms with Crippen molar-refractivity contribution in [2.24, 2.45) is 9.98 Å². The van der Waals surface area contributed by atoms with Gasteiger partial charge in [0.05, 0.1) is 23.7 Å². The molecule has 0 unspecified atom stereocenters. The molecular formula is C16H17N5O2. The first-order chi connectivity index (χ1) is 11.3. The van der Waals surface area contributed by atoms with Crippen LogP contribution < -0.4 is 15.9 Å². The van der Waals surface area contributed by atoms with Crippen LogP contribution in [0.25, 0.3) is 6.08 Å². The van der Waals surface area contributed by atoms with Gasteiger partial charge in [-0.05, 0) is 36.3 Å². The minimum atomic E-state index is -0.0297. The molecular weight excluding hydrogens is 294 g/mol. The topological polar surface area (TPSA) is 94.9 Å². The summed E-state index contributed by atoms with van der Waals surface area (Å²) in [5, 5.41) is 15.1. The predicted molar refractivity (Wildman–Crippen MR) is 86.7 cm³/mol. The van der Waals surface area contributed by atoms with Gasteiger partial charge in [-0.25, -0.2) is 9.98 Å². The van der Waals surface area contributed by atoms with Crippen LogP contribution in [-0.2, 0) is 4.74 Å². The fourth-order valence-electron chi connectivity index (χ4n) is 2.76. The maximum Gasteiger partial charge on any atom is 0.238 e. The molecule has 2 aromatic rings. The van der Waals surface area contributed by atoms with Crippen LogP contribution in [0.1, 0.15) is 18.5 Å². The van der Waals surface area contributed by atoms with E-state index in [-0.39, 0.29) is 11.9 Å². The van der Waals surface area contributed by atoms with Gasteiger partial charge in [0.2, 0.25) is 11.8 Å². The highest BCUT2D eigenvalue weighted by atomic mass is 16.5. The Bertz CT molecular complexity index is 865. The third-order valence-electron chi connectivity index (χ3n) is 3.92. The van der Waals surface area contributed by atoms with Gasteiger partial charge in [-0.15, -0.1) is 0 Å². The second kappa shape index (κ2) is 5.85. The summed E-state index contributed by atoms with van der Waals surface area (Å²) in [5.74, 6) is 0.524. The fourth-order valence-corrected chi connectivity index (χ4v) is 2.76. The molecule has 2 aliphatic rings. The Morgan fingerprint density at radius 3 is 3.22 bits per heavy atom. The quantitative estimate of drug-likeness (QED) is 0.782. The van der Waals surface area contributed by atoms with Crippen LogP contribution in [0.5, 0.6) is 5.88 Å². The van der Waals surface area contributed by atoms with E-state index >= 15 is 0 Å². The third-order valence-corrected chi connectivity index (χ3v) is 3.92. The Morgan fingerprint density at radius 1 is 1.39 bits per heavy atom. The summed E-state index contributed by atoms with van der Waals surface area (Å²) in [6, 6.07) is 5.97. The standard InChI is InChI=1S/C16H17N5O2/c22-15-14(7-10-3-4-12-13(6-10)18-9-17-12)20-16(21-15)19-11-2-1-5-23-8-11/h3-4,6-7,9,11,22H,1-2,5,8H2,(H2,19,20,21)/t11-/m0/s1. The number of nitrogens with one attached hydrogen (secondary N) is 2. The Labute approximate surface area is 132 Å². The lowest BCUT2D eigenvalue weighted by Gasteiger charge is -2.22. The van der Waals surface area contributed by atoms with Crippen LogP contribution in [-0.4, -0.2) is 40.7 Å². The number of rotatable bonds is 3. The molecule has 1 atom stereocenters. The van der Waals surface area contributed by atoms with Crippen LogP contribution in [0.4, 0.5) is 11.6 Å². The van der Waals surface area contributed by atoms with Crippen LogP contribution in [0, 0.1) is 0 Å². The normalized spacial score (nSPS) is 20.3. The minimum Gasteiger partial charge on any atom is -0.492 e. The number of hydrogen-bond donors (Lipinski definition) is 3. The number of aromatic nitrogens is 2. The Balaban J connectivity index is 1.58. The summed E-state index contributed by atoms with van der Waals surface area (Å²) in [7, 11) is 0. The number of aromatic amines is 1. The molecule has 7 nitrogen and oxygen atoms in total. The average molecular weight is 311 g/mol. The van der Waals surface area contributed by atoms with Crippen LogP contribution in [0.3, 0.4) is 0 Å². The number of imidazole rings is 1. The summed E-state index contributed by atoms with van der Waals surface area (Å²) in [4.78, 5) is 15.5. The van der Waals surface area contributed by atoms with E-state index in [0.717, 1.165) is 35.7 Å². The van der Waals surface area contributed by atoms with Crippen molar-refractivity contribution >= 4 is 24.1 Å². The number of fused-ring (bicyclic) bond motifs is 1. The summed E-state index contributed by atoms with van der Waals surface area (Å²) in [6.07, 6.45) is 5.44. The third kappa shape index (κ3) is 2.95. The van der Waals surface area contributed by atoms with E-state index in [1.54, 1.807) is 0 Å². The lowest BCUT2D eigenvalue weighted by Crippen LogP contribution is -2.30. The highest BCUT2D eigenvalue weighted by molar-refractivity contribution is 5.67. The van der Waals surface area contributed by atoms with Gasteiger partial charge in [-0.2, -0.15) is 4.98 Å². The van der Waals surface area contributed by atoms with E-state index in [1.807, 2.05) is 24.3 Å². The van der Waals surface area contributed by atoms with Crippen molar-refractivity contribution in [2.45, 2.75) is 18.9 Å². The van der Waals surface area contributed by atoms with Crippen molar-refractivity contribution in [3.05, 3.63) is 34.5 Å². The minimum absolute atomic E-state index is 0.0297. The number of H-pyrrole nitrogens is 1. The smallest absolute Gasteiger partial charge is 0.238 e. The van der Waals surface area contributed by atoms with E-state index in [1.165, 1.54) is 6.34 Å². The number of aromatic hydroxyl groups is 1. The number of anilines is 1. The molecule has 118 valence electrons. The largest absolute Gasteiger partial charge is 0.492 e. The molecule has 1 aromatic heterocycles. The van der Waals surface area contributed by atoms with Gasteiger partial charge >= 0.3 is 0 Å². The van der Waals surface area contributed by atoms with Gasteiger partial charge in [-0.3, -0.25) is 0 Å². The molecule has 3 heterocycles. The molecule has 1 aromatic carbocycles. The zero-order valence-corrected chi connectivity index (χ0v) is 12.5. The summed E-state index contributed by atoms with van der Waals surface area (Å²) < 4.78 is 5.43. The van der Waals surface area contributed by atoms with Gasteiger partial charge in [0.1, 0.15) is 12.0 Å². The molecule has 0 aliphatic carbocycles. The zero-order chi connectivity index (χ0) is 15.6. The number of ether oxygens (including phenoxy) is 1. The van der Waals surface area contributed by atoms with Gasteiger partial charge in [0, 0.05) is 6.61 Å². The van der Waals surface area contributed by atoms with Crippen LogP contribution in [0.15, 0.2) is 28.2 Å². The second-order valence-corrected chi connectivity index (χ2v) is 5.65.